The molecule has 0 spiro atoms. The van der Waals surface area contributed by atoms with Gasteiger partial charge in [-0.1, -0.05) is 0 Å². The molecule has 1 rings (SSSR count). The van der Waals surface area contributed by atoms with Crippen LogP contribution in [0.2, 0.25) is 0 Å². The van der Waals surface area contributed by atoms with Crippen LogP contribution in [0.5, 0.6) is 0 Å². The van der Waals surface area contributed by atoms with Crippen LogP contribution in [0.4, 0.5) is 0 Å². The first-order chi connectivity index (χ1) is 4.73. The fourth-order valence-corrected chi connectivity index (χ4v) is 1.02. The summed E-state index contributed by atoms with van der Waals surface area (Å²) in [4.78, 5) is 0. The van der Waals surface area contributed by atoms with E-state index in [0.717, 1.165) is 12.8 Å². The van der Waals surface area contributed by atoms with E-state index < -0.39 is 5.60 Å². The Hall–Kier alpha value is -0.590. The average Bonchev–Trinajstić information content (AvgIpc) is 2.69. The van der Waals surface area contributed by atoms with E-state index in [1.807, 2.05) is 6.07 Å². The van der Waals surface area contributed by atoms with Crippen LogP contribution >= 0.6 is 0 Å². The first-order valence-electron chi connectivity index (χ1n) is 3.35. The molecule has 0 saturated heterocycles. The lowest BCUT2D eigenvalue weighted by Crippen LogP contribution is -2.34. The Balaban J connectivity index is 2.50. The maximum Gasteiger partial charge on any atom is 0.177 e. The smallest absolute Gasteiger partial charge is 0.177 e. The molecule has 3 nitrogen and oxygen atoms in total. The molecule has 56 valence electrons. The van der Waals surface area contributed by atoms with Gasteiger partial charge in [0.05, 0.1) is 6.61 Å². The zero-order chi connectivity index (χ0) is 7.61. The van der Waals surface area contributed by atoms with Gasteiger partial charge in [-0.2, -0.15) is 5.26 Å². The Kier molecular flexibility index (Phi) is 1.93. The molecule has 1 atom stereocenters. The van der Waals surface area contributed by atoms with Crippen molar-refractivity contribution in [3.8, 4) is 6.07 Å². The van der Waals surface area contributed by atoms with Crippen LogP contribution < -0.4 is 0 Å². The maximum atomic E-state index is 9.47. The van der Waals surface area contributed by atoms with Crippen molar-refractivity contribution in [2.24, 2.45) is 5.92 Å². The molecular weight excluding hydrogens is 130 g/mol. The number of hydrogen-bond donors (Lipinski definition) is 1. The van der Waals surface area contributed by atoms with Gasteiger partial charge in [0.15, 0.2) is 5.60 Å². The fraction of sp³-hybridized carbons (Fsp3) is 0.857. The highest BCUT2D eigenvalue weighted by molar-refractivity contribution is 5.09. The monoisotopic (exact) mass is 141 g/mol. The Morgan fingerprint density at radius 3 is 2.70 bits per heavy atom. The summed E-state index contributed by atoms with van der Waals surface area (Å²) in [6.07, 6.45) is 1.90. The molecule has 1 fully saturated rings. The van der Waals surface area contributed by atoms with Crippen molar-refractivity contribution < 1.29 is 9.84 Å². The minimum atomic E-state index is -1.21. The minimum absolute atomic E-state index is 0.133. The normalized spacial score (nSPS) is 23.3. The molecule has 0 aliphatic heterocycles. The summed E-state index contributed by atoms with van der Waals surface area (Å²) in [5.41, 5.74) is -1.21. The highest BCUT2D eigenvalue weighted by Gasteiger charge is 2.44. The first-order valence-corrected chi connectivity index (χ1v) is 3.35. The van der Waals surface area contributed by atoms with Crippen LogP contribution in [0.1, 0.15) is 12.8 Å². The maximum absolute atomic E-state index is 9.47. The summed E-state index contributed by atoms with van der Waals surface area (Å²) in [6.45, 7) is 0.133. The number of nitrogens with zero attached hydrogens (tertiary/aromatic N) is 1. The van der Waals surface area contributed by atoms with E-state index in [0.29, 0.717) is 0 Å². The zero-order valence-electron chi connectivity index (χ0n) is 6.00. The van der Waals surface area contributed by atoms with E-state index >= 15 is 0 Å². The van der Waals surface area contributed by atoms with Crippen LogP contribution in [-0.2, 0) is 4.74 Å². The molecule has 0 bridgehead atoms. The van der Waals surface area contributed by atoms with Crippen LogP contribution in [-0.4, -0.2) is 24.4 Å². The quantitative estimate of drug-likeness (QED) is 0.575. The van der Waals surface area contributed by atoms with Crippen LogP contribution in [0, 0.1) is 17.2 Å². The van der Waals surface area contributed by atoms with Crippen molar-refractivity contribution in [1.82, 2.24) is 0 Å². The molecule has 3 heteroatoms. The number of ether oxygens (including phenoxy) is 1. The third-order valence-corrected chi connectivity index (χ3v) is 1.81. The van der Waals surface area contributed by atoms with Crippen LogP contribution in [0.15, 0.2) is 0 Å². The molecule has 1 aliphatic carbocycles. The average molecular weight is 141 g/mol. The Morgan fingerprint density at radius 1 is 1.80 bits per heavy atom. The molecule has 10 heavy (non-hydrogen) atoms. The summed E-state index contributed by atoms with van der Waals surface area (Å²) in [5.74, 6) is 0.150. The second kappa shape index (κ2) is 2.57. The summed E-state index contributed by atoms with van der Waals surface area (Å²) < 4.78 is 4.73. The van der Waals surface area contributed by atoms with Gasteiger partial charge in [0.2, 0.25) is 0 Å². The summed E-state index contributed by atoms with van der Waals surface area (Å²) >= 11 is 0. The Morgan fingerprint density at radius 2 is 2.40 bits per heavy atom. The van der Waals surface area contributed by atoms with Gasteiger partial charge in [0.25, 0.3) is 0 Å². The van der Waals surface area contributed by atoms with Gasteiger partial charge in [-0.3, -0.25) is 0 Å². The SMILES string of the molecule is COCC(O)(C#N)C1CC1. The second-order valence-corrected chi connectivity index (χ2v) is 2.74. The molecule has 1 saturated carbocycles. The van der Waals surface area contributed by atoms with Crippen LogP contribution in [0.3, 0.4) is 0 Å². The van der Waals surface area contributed by atoms with E-state index in [9.17, 15) is 5.11 Å². The third-order valence-electron chi connectivity index (χ3n) is 1.81. The number of rotatable bonds is 3. The van der Waals surface area contributed by atoms with Crippen molar-refractivity contribution >= 4 is 0 Å². The molecular formula is C7H11NO2. The second-order valence-electron chi connectivity index (χ2n) is 2.74. The first kappa shape index (κ1) is 7.52. The van der Waals surface area contributed by atoms with Crippen molar-refractivity contribution in [3.05, 3.63) is 0 Å². The van der Waals surface area contributed by atoms with E-state index in [1.54, 1.807) is 0 Å². The Bertz CT molecular complexity index is 159. The number of hydrogen-bond acceptors (Lipinski definition) is 3. The van der Waals surface area contributed by atoms with Gasteiger partial charge in [0.1, 0.15) is 6.07 Å². The summed E-state index contributed by atoms with van der Waals surface area (Å²) in [5, 5.41) is 18.0. The van der Waals surface area contributed by atoms with E-state index in [4.69, 9.17) is 10.00 Å². The Labute approximate surface area is 60.2 Å². The predicted molar refractivity (Wildman–Crippen MR) is 35.2 cm³/mol. The van der Waals surface area contributed by atoms with Crippen molar-refractivity contribution in [2.45, 2.75) is 18.4 Å². The topological polar surface area (TPSA) is 53.2 Å². The third kappa shape index (κ3) is 1.28. The molecule has 0 heterocycles. The number of nitriles is 1. The lowest BCUT2D eigenvalue weighted by Gasteiger charge is -2.17. The van der Waals surface area contributed by atoms with Gasteiger partial charge in [-0.05, 0) is 12.8 Å². The van der Waals surface area contributed by atoms with Gasteiger partial charge in [0, 0.05) is 13.0 Å². The van der Waals surface area contributed by atoms with Crippen molar-refractivity contribution in [1.29, 1.82) is 5.26 Å². The number of methoxy groups -OCH3 is 1. The zero-order valence-corrected chi connectivity index (χ0v) is 6.00. The molecule has 0 amide bonds. The molecule has 0 aromatic carbocycles. The number of aliphatic hydroxyl groups is 1. The van der Waals surface area contributed by atoms with Crippen molar-refractivity contribution in [3.63, 3.8) is 0 Å². The van der Waals surface area contributed by atoms with E-state index in [2.05, 4.69) is 0 Å². The van der Waals surface area contributed by atoms with Gasteiger partial charge in [-0.15, -0.1) is 0 Å². The van der Waals surface area contributed by atoms with Gasteiger partial charge >= 0.3 is 0 Å². The molecule has 1 N–H and O–H groups in total. The largest absolute Gasteiger partial charge is 0.381 e. The minimum Gasteiger partial charge on any atom is -0.381 e. The standard InChI is InChI=1S/C7H11NO2/c1-10-5-7(9,4-8)6-2-3-6/h6,9H,2-3,5H2,1H3. The van der Waals surface area contributed by atoms with Crippen molar-refractivity contribution in [2.75, 3.05) is 13.7 Å². The van der Waals surface area contributed by atoms with E-state index in [1.165, 1.54) is 7.11 Å². The summed E-state index contributed by atoms with van der Waals surface area (Å²) in [7, 11) is 1.49. The molecule has 0 aromatic rings. The lowest BCUT2D eigenvalue weighted by molar-refractivity contribution is -0.00393. The van der Waals surface area contributed by atoms with Gasteiger partial charge in [-0.25, -0.2) is 0 Å². The van der Waals surface area contributed by atoms with Crippen LogP contribution in [0.25, 0.3) is 0 Å². The molecule has 0 aromatic heterocycles. The summed E-state index contributed by atoms with van der Waals surface area (Å²) in [6, 6.07) is 1.87. The highest BCUT2D eigenvalue weighted by Crippen LogP contribution is 2.39. The molecule has 1 aliphatic rings. The fourth-order valence-electron chi connectivity index (χ4n) is 1.02. The molecule has 0 radical (unpaired) electrons. The highest BCUT2D eigenvalue weighted by atomic mass is 16.5. The predicted octanol–water partition coefficient (Wildman–Crippen LogP) is 0.297. The van der Waals surface area contributed by atoms with E-state index in [-0.39, 0.29) is 12.5 Å². The van der Waals surface area contributed by atoms with Gasteiger partial charge < -0.3 is 9.84 Å². The molecule has 1 unspecified atom stereocenters. The lowest BCUT2D eigenvalue weighted by atomic mass is 10.0.